The number of nitrogens with two attached hydrogens (primary N) is 1. The molecule has 0 radical (unpaired) electrons. The maximum Gasteiger partial charge on any atom is 0.269 e. The molecular weight excluding hydrogens is 262 g/mol. The average molecular weight is 279 g/mol. The zero-order valence-corrected chi connectivity index (χ0v) is 11.7. The zero-order chi connectivity index (χ0) is 13.2. The van der Waals surface area contributed by atoms with Crippen LogP contribution in [0.1, 0.15) is 29.7 Å². The van der Waals surface area contributed by atoms with Gasteiger partial charge in [0.1, 0.15) is 4.88 Å². The molecule has 3 rings (SSSR count). The molecule has 0 spiro atoms. The second-order valence-electron chi connectivity index (χ2n) is 4.82. The number of hydrogen-bond acceptors (Lipinski definition) is 7. The van der Waals surface area contributed by atoms with Crippen molar-refractivity contribution < 1.29 is 4.52 Å². The van der Waals surface area contributed by atoms with E-state index in [0.717, 1.165) is 29.5 Å². The highest BCUT2D eigenvalue weighted by Crippen LogP contribution is 2.25. The van der Waals surface area contributed by atoms with E-state index in [0.29, 0.717) is 11.7 Å². The molecule has 1 fully saturated rings. The molecule has 1 unspecified atom stereocenters. The zero-order valence-electron chi connectivity index (χ0n) is 10.9. The fourth-order valence-electron chi connectivity index (χ4n) is 2.27. The Kier molecular flexibility index (Phi) is 3.58. The van der Waals surface area contributed by atoms with Crippen LogP contribution >= 0.6 is 11.3 Å². The molecule has 0 amide bonds. The van der Waals surface area contributed by atoms with E-state index in [1.807, 2.05) is 6.92 Å². The van der Waals surface area contributed by atoms with Crippen molar-refractivity contribution in [2.75, 3.05) is 19.6 Å². The third-order valence-electron chi connectivity index (χ3n) is 3.26. The van der Waals surface area contributed by atoms with Crippen LogP contribution in [0, 0.1) is 6.92 Å². The number of nitrogens with zero attached hydrogens (tertiary/aromatic N) is 4. The van der Waals surface area contributed by atoms with Gasteiger partial charge in [0.2, 0.25) is 0 Å². The van der Waals surface area contributed by atoms with Gasteiger partial charge in [-0.05, 0) is 32.9 Å². The molecule has 19 heavy (non-hydrogen) atoms. The Morgan fingerprint density at radius 2 is 2.26 bits per heavy atom. The van der Waals surface area contributed by atoms with Crippen LogP contribution in [0.2, 0.25) is 0 Å². The van der Waals surface area contributed by atoms with Crippen molar-refractivity contribution in [2.24, 2.45) is 5.73 Å². The fraction of sp³-hybridized carbons (Fsp3) is 0.583. The lowest BCUT2D eigenvalue weighted by Crippen LogP contribution is -2.30. The topological polar surface area (TPSA) is 81.1 Å². The van der Waals surface area contributed by atoms with Gasteiger partial charge < -0.3 is 15.2 Å². The highest BCUT2D eigenvalue weighted by atomic mass is 32.1. The van der Waals surface area contributed by atoms with Crippen molar-refractivity contribution in [3.8, 4) is 10.8 Å². The monoisotopic (exact) mass is 279 g/mol. The first-order valence-corrected chi connectivity index (χ1v) is 7.28. The summed E-state index contributed by atoms with van der Waals surface area (Å²) in [6.07, 6.45) is 4.26. The molecule has 2 aromatic heterocycles. The van der Waals surface area contributed by atoms with Crippen molar-refractivity contribution in [1.29, 1.82) is 0 Å². The van der Waals surface area contributed by atoms with Crippen LogP contribution < -0.4 is 5.73 Å². The standard InChI is InChI=1S/C12H17N5OS/c1-8-14-6-10(19-8)12-15-11(16-18-12)9(13)7-17-4-2-3-5-17/h6,9H,2-5,7,13H2,1H3. The number of likely N-dealkylation sites (tertiary alicyclic amines) is 1. The van der Waals surface area contributed by atoms with Crippen molar-refractivity contribution in [3.63, 3.8) is 0 Å². The number of hydrogen-bond donors (Lipinski definition) is 1. The Balaban J connectivity index is 1.69. The number of aryl methyl sites for hydroxylation is 1. The highest BCUT2D eigenvalue weighted by Gasteiger charge is 2.20. The molecule has 0 bridgehead atoms. The Morgan fingerprint density at radius 3 is 2.95 bits per heavy atom. The molecule has 0 aromatic carbocycles. The Morgan fingerprint density at radius 1 is 1.47 bits per heavy atom. The minimum absolute atomic E-state index is 0.190. The van der Waals surface area contributed by atoms with E-state index >= 15 is 0 Å². The van der Waals surface area contributed by atoms with E-state index in [-0.39, 0.29) is 6.04 Å². The molecule has 102 valence electrons. The van der Waals surface area contributed by atoms with Crippen LogP contribution in [-0.4, -0.2) is 39.7 Å². The van der Waals surface area contributed by atoms with Crippen LogP contribution in [0.3, 0.4) is 0 Å². The summed E-state index contributed by atoms with van der Waals surface area (Å²) in [4.78, 5) is 11.8. The van der Waals surface area contributed by atoms with Crippen LogP contribution in [-0.2, 0) is 0 Å². The van der Waals surface area contributed by atoms with Gasteiger partial charge >= 0.3 is 0 Å². The van der Waals surface area contributed by atoms with Gasteiger partial charge in [-0.15, -0.1) is 11.3 Å². The molecule has 1 aliphatic rings. The van der Waals surface area contributed by atoms with Gasteiger partial charge in [0.05, 0.1) is 17.2 Å². The Labute approximate surface area is 115 Å². The second-order valence-corrected chi connectivity index (χ2v) is 6.05. The highest BCUT2D eigenvalue weighted by molar-refractivity contribution is 7.14. The summed E-state index contributed by atoms with van der Waals surface area (Å²) in [5, 5.41) is 4.97. The number of thiazole rings is 1. The van der Waals surface area contributed by atoms with Gasteiger partial charge in [-0.2, -0.15) is 4.98 Å². The summed E-state index contributed by atoms with van der Waals surface area (Å²) in [5.74, 6) is 1.09. The van der Waals surface area contributed by atoms with Gasteiger partial charge in [0.25, 0.3) is 5.89 Å². The number of aromatic nitrogens is 3. The molecule has 0 aliphatic carbocycles. The molecule has 1 atom stereocenters. The summed E-state index contributed by atoms with van der Waals surface area (Å²) in [5.41, 5.74) is 6.13. The smallest absolute Gasteiger partial charge is 0.269 e. The van der Waals surface area contributed by atoms with E-state index in [1.165, 1.54) is 12.8 Å². The largest absolute Gasteiger partial charge is 0.333 e. The first kappa shape index (κ1) is 12.7. The third-order valence-corrected chi connectivity index (χ3v) is 4.16. The maximum absolute atomic E-state index is 6.13. The van der Waals surface area contributed by atoms with Crippen molar-refractivity contribution in [1.82, 2.24) is 20.0 Å². The first-order chi connectivity index (χ1) is 9.22. The number of rotatable bonds is 4. The second kappa shape index (κ2) is 5.36. The molecular formula is C12H17N5OS. The summed E-state index contributed by atoms with van der Waals surface area (Å²) in [7, 11) is 0. The average Bonchev–Trinajstić information content (AvgIpc) is 3.07. The molecule has 0 saturated carbocycles. The van der Waals surface area contributed by atoms with E-state index in [2.05, 4.69) is 20.0 Å². The molecule has 3 heterocycles. The minimum Gasteiger partial charge on any atom is -0.333 e. The molecule has 2 aromatic rings. The lowest BCUT2D eigenvalue weighted by Gasteiger charge is -2.17. The third kappa shape index (κ3) is 2.83. The molecule has 6 nitrogen and oxygen atoms in total. The van der Waals surface area contributed by atoms with Crippen molar-refractivity contribution >= 4 is 11.3 Å². The van der Waals surface area contributed by atoms with E-state index in [9.17, 15) is 0 Å². The first-order valence-electron chi connectivity index (χ1n) is 6.47. The van der Waals surface area contributed by atoms with Crippen molar-refractivity contribution in [2.45, 2.75) is 25.8 Å². The molecule has 2 N–H and O–H groups in total. The van der Waals surface area contributed by atoms with E-state index in [4.69, 9.17) is 10.3 Å². The Hall–Kier alpha value is -1.31. The lowest BCUT2D eigenvalue weighted by atomic mass is 10.3. The maximum atomic E-state index is 6.13. The Bertz CT molecular complexity index is 546. The van der Waals surface area contributed by atoms with Gasteiger partial charge in [-0.25, -0.2) is 4.98 Å². The molecule has 1 aliphatic heterocycles. The quantitative estimate of drug-likeness (QED) is 0.915. The summed E-state index contributed by atoms with van der Waals surface area (Å²) in [6, 6.07) is -0.190. The van der Waals surface area contributed by atoms with Crippen LogP contribution in [0.5, 0.6) is 0 Å². The van der Waals surface area contributed by atoms with Crippen molar-refractivity contribution in [3.05, 3.63) is 17.0 Å². The van der Waals surface area contributed by atoms with Gasteiger partial charge in [0, 0.05) is 6.54 Å². The minimum atomic E-state index is -0.190. The van der Waals surface area contributed by atoms with Gasteiger partial charge in [0.15, 0.2) is 5.82 Å². The molecule has 7 heteroatoms. The van der Waals surface area contributed by atoms with E-state index in [1.54, 1.807) is 17.5 Å². The summed E-state index contributed by atoms with van der Waals surface area (Å²) in [6.45, 7) is 4.98. The van der Waals surface area contributed by atoms with Crippen LogP contribution in [0.25, 0.3) is 10.8 Å². The SMILES string of the molecule is Cc1ncc(-c2nc(C(N)CN3CCCC3)no2)s1. The van der Waals surface area contributed by atoms with Gasteiger partial charge in [-0.1, -0.05) is 5.16 Å². The van der Waals surface area contributed by atoms with Gasteiger partial charge in [-0.3, -0.25) is 0 Å². The summed E-state index contributed by atoms with van der Waals surface area (Å²) < 4.78 is 5.26. The molecule has 1 saturated heterocycles. The van der Waals surface area contributed by atoms with Crippen LogP contribution in [0.4, 0.5) is 0 Å². The summed E-state index contributed by atoms with van der Waals surface area (Å²) >= 11 is 1.54. The van der Waals surface area contributed by atoms with Crippen LogP contribution in [0.15, 0.2) is 10.7 Å². The lowest BCUT2D eigenvalue weighted by molar-refractivity contribution is 0.306. The predicted octanol–water partition coefficient (Wildman–Crippen LogP) is 1.60. The predicted molar refractivity (Wildman–Crippen MR) is 72.7 cm³/mol. The normalized spacial score (nSPS) is 18.0. The van der Waals surface area contributed by atoms with E-state index < -0.39 is 0 Å². The fourth-order valence-corrected chi connectivity index (χ4v) is 2.97.